The maximum atomic E-state index is 5.44. The molecule has 12 aromatic rings. The monoisotopic (exact) mass is 739 g/mol. The van der Waals surface area contributed by atoms with E-state index in [1.165, 1.54) is 38.0 Å². The maximum absolute atomic E-state index is 5.44. The molecule has 0 aliphatic rings. The molecule has 0 bridgehead atoms. The van der Waals surface area contributed by atoms with E-state index in [2.05, 4.69) is 190 Å². The summed E-state index contributed by atoms with van der Waals surface area (Å²) >= 11 is 0. The first-order valence-electron chi connectivity index (χ1n) is 19.6. The molecule has 8 aromatic carbocycles. The van der Waals surface area contributed by atoms with Crippen molar-refractivity contribution in [1.82, 2.24) is 24.1 Å². The second-order valence-electron chi connectivity index (χ2n) is 14.8. The van der Waals surface area contributed by atoms with Crippen LogP contribution in [-0.4, -0.2) is 24.1 Å². The number of hydrogen-bond donors (Lipinski definition) is 0. The van der Waals surface area contributed by atoms with Crippen molar-refractivity contribution in [1.29, 1.82) is 0 Å². The molecular weight excluding hydrogens is 707 g/mol. The van der Waals surface area contributed by atoms with Crippen molar-refractivity contribution < 1.29 is 0 Å². The number of fused-ring (bicyclic) bond motifs is 9. The number of benzene rings is 8. The van der Waals surface area contributed by atoms with Gasteiger partial charge in [0.15, 0.2) is 0 Å². The second-order valence-corrected chi connectivity index (χ2v) is 14.8. The summed E-state index contributed by atoms with van der Waals surface area (Å²) in [6.07, 6.45) is 1.83. The van der Waals surface area contributed by atoms with Gasteiger partial charge in [0, 0.05) is 49.9 Å². The molecule has 0 spiro atoms. The molecule has 0 unspecified atom stereocenters. The van der Waals surface area contributed by atoms with Gasteiger partial charge in [0.05, 0.1) is 39.0 Å². The van der Waals surface area contributed by atoms with Gasteiger partial charge in [-0.1, -0.05) is 140 Å². The Morgan fingerprint density at radius 2 is 0.983 bits per heavy atom. The predicted octanol–water partition coefficient (Wildman–Crippen LogP) is 13.4. The number of aromatic nitrogens is 5. The summed E-state index contributed by atoms with van der Waals surface area (Å²) in [5.74, 6) is 0.634. The Morgan fingerprint density at radius 1 is 0.362 bits per heavy atom. The SMILES string of the molecule is c1ccc(-n2c3ccccc3c3ccc(-c4cc5c(c6ccccc46)c4ccccc4n5-c4nc(-c5ccc(-c6ccccn6)cc5)c5ccccc5n4)cc32)cc1. The Labute approximate surface area is 333 Å². The molecule has 0 atom stereocenters. The number of rotatable bonds is 5. The molecule has 58 heavy (non-hydrogen) atoms. The van der Waals surface area contributed by atoms with Gasteiger partial charge < -0.3 is 4.57 Å². The largest absolute Gasteiger partial charge is 0.309 e. The minimum Gasteiger partial charge on any atom is -0.309 e. The lowest BCUT2D eigenvalue weighted by Gasteiger charge is -2.14. The van der Waals surface area contributed by atoms with Gasteiger partial charge >= 0.3 is 0 Å². The molecule has 4 aromatic heterocycles. The topological polar surface area (TPSA) is 48.5 Å². The average Bonchev–Trinajstić information content (AvgIpc) is 3.81. The molecule has 5 heteroatoms. The van der Waals surface area contributed by atoms with Crippen LogP contribution in [0.15, 0.2) is 200 Å². The zero-order valence-corrected chi connectivity index (χ0v) is 31.3. The molecule has 4 heterocycles. The summed E-state index contributed by atoms with van der Waals surface area (Å²) in [7, 11) is 0. The zero-order valence-electron chi connectivity index (χ0n) is 31.3. The average molecular weight is 740 g/mol. The third-order valence-corrected chi connectivity index (χ3v) is 11.6. The van der Waals surface area contributed by atoms with Crippen LogP contribution in [-0.2, 0) is 0 Å². The van der Waals surface area contributed by atoms with Crippen LogP contribution in [0.1, 0.15) is 0 Å². The quantitative estimate of drug-likeness (QED) is 0.177. The fraction of sp³-hybridized carbons (Fsp3) is 0. The van der Waals surface area contributed by atoms with E-state index in [-0.39, 0.29) is 0 Å². The smallest absolute Gasteiger partial charge is 0.235 e. The summed E-state index contributed by atoms with van der Waals surface area (Å²) in [4.78, 5) is 15.3. The highest BCUT2D eigenvalue weighted by molar-refractivity contribution is 6.24. The number of hydrogen-bond acceptors (Lipinski definition) is 3. The third kappa shape index (κ3) is 4.93. The van der Waals surface area contributed by atoms with Gasteiger partial charge in [0.2, 0.25) is 5.95 Å². The molecule has 0 radical (unpaired) electrons. The van der Waals surface area contributed by atoms with Gasteiger partial charge in [-0.2, -0.15) is 0 Å². The molecule has 0 fully saturated rings. The third-order valence-electron chi connectivity index (χ3n) is 11.6. The van der Waals surface area contributed by atoms with Crippen molar-refractivity contribution in [2.45, 2.75) is 0 Å². The van der Waals surface area contributed by atoms with Gasteiger partial charge in [0.25, 0.3) is 0 Å². The molecule has 12 rings (SSSR count). The van der Waals surface area contributed by atoms with Gasteiger partial charge in [-0.3, -0.25) is 9.55 Å². The van der Waals surface area contributed by atoms with Crippen molar-refractivity contribution in [3.05, 3.63) is 200 Å². The summed E-state index contributed by atoms with van der Waals surface area (Å²) < 4.78 is 4.65. The van der Waals surface area contributed by atoms with E-state index in [0.29, 0.717) is 5.95 Å². The van der Waals surface area contributed by atoms with Crippen LogP contribution in [0.5, 0.6) is 0 Å². The molecule has 0 aliphatic heterocycles. The molecular formula is C53H33N5. The standard InChI is InChI=1S/C53H33N5/c1-2-14-37(15-3-1)57-47-23-10-7-17-39(47)40-30-29-36(32-49(40)57)44-33-50-51(41-18-5-4-16-38(41)44)43-20-8-11-24-48(43)58(50)53-55-46-22-9-6-19-42(46)52(56-53)35-27-25-34(26-28-35)45-21-12-13-31-54-45/h1-33H. The Bertz CT molecular complexity index is 3550. The number of pyridine rings is 1. The Kier molecular flexibility index (Phi) is 7.16. The first-order chi connectivity index (χ1) is 28.8. The van der Waals surface area contributed by atoms with E-state index in [1.807, 2.05) is 24.4 Å². The first-order valence-corrected chi connectivity index (χ1v) is 19.6. The van der Waals surface area contributed by atoms with Crippen molar-refractivity contribution in [3.8, 4) is 45.3 Å². The van der Waals surface area contributed by atoms with Crippen LogP contribution in [0.3, 0.4) is 0 Å². The maximum Gasteiger partial charge on any atom is 0.235 e. The van der Waals surface area contributed by atoms with E-state index in [0.717, 1.165) is 66.7 Å². The minimum absolute atomic E-state index is 0.634. The molecule has 5 nitrogen and oxygen atoms in total. The normalized spacial score (nSPS) is 11.8. The Hall–Kier alpha value is -7.89. The Morgan fingerprint density at radius 3 is 1.78 bits per heavy atom. The van der Waals surface area contributed by atoms with Crippen LogP contribution < -0.4 is 0 Å². The predicted molar refractivity (Wildman–Crippen MR) is 240 cm³/mol. The second kappa shape index (κ2) is 12.8. The van der Waals surface area contributed by atoms with E-state index in [4.69, 9.17) is 9.97 Å². The van der Waals surface area contributed by atoms with Crippen molar-refractivity contribution in [2.24, 2.45) is 0 Å². The first kappa shape index (κ1) is 32.4. The summed E-state index contributed by atoms with van der Waals surface area (Å²) in [6, 6.07) is 68.9. The summed E-state index contributed by atoms with van der Waals surface area (Å²) in [6.45, 7) is 0. The summed E-state index contributed by atoms with van der Waals surface area (Å²) in [5.41, 5.74) is 12.7. The van der Waals surface area contributed by atoms with Gasteiger partial charge in [-0.15, -0.1) is 0 Å². The minimum atomic E-state index is 0.634. The lowest BCUT2D eigenvalue weighted by atomic mass is 9.94. The lowest BCUT2D eigenvalue weighted by Crippen LogP contribution is -2.03. The number of para-hydroxylation sites is 4. The van der Waals surface area contributed by atoms with Crippen LogP contribution >= 0.6 is 0 Å². The summed E-state index contributed by atoms with van der Waals surface area (Å²) in [5, 5.41) is 8.22. The van der Waals surface area contributed by atoms with E-state index in [9.17, 15) is 0 Å². The van der Waals surface area contributed by atoms with E-state index >= 15 is 0 Å². The molecule has 0 N–H and O–H groups in total. The highest BCUT2D eigenvalue weighted by Gasteiger charge is 2.22. The van der Waals surface area contributed by atoms with E-state index < -0.39 is 0 Å². The van der Waals surface area contributed by atoms with Crippen molar-refractivity contribution >= 4 is 65.3 Å². The van der Waals surface area contributed by atoms with Crippen molar-refractivity contribution in [2.75, 3.05) is 0 Å². The number of nitrogens with zero attached hydrogens (tertiary/aromatic N) is 5. The molecule has 0 saturated carbocycles. The van der Waals surface area contributed by atoms with Gasteiger partial charge in [-0.25, -0.2) is 9.97 Å². The van der Waals surface area contributed by atoms with Crippen LogP contribution in [0.4, 0.5) is 0 Å². The van der Waals surface area contributed by atoms with Crippen molar-refractivity contribution in [3.63, 3.8) is 0 Å². The molecule has 0 aliphatic carbocycles. The van der Waals surface area contributed by atoms with Gasteiger partial charge in [-0.05, 0) is 76.5 Å². The molecule has 0 saturated heterocycles. The van der Waals surface area contributed by atoms with Crippen LogP contribution in [0.2, 0.25) is 0 Å². The Balaban J connectivity index is 1.13. The lowest BCUT2D eigenvalue weighted by molar-refractivity contribution is 1.01. The fourth-order valence-electron chi connectivity index (χ4n) is 8.99. The highest BCUT2D eigenvalue weighted by Crippen LogP contribution is 2.43. The van der Waals surface area contributed by atoms with Crippen LogP contribution in [0.25, 0.3) is 111 Å². The molecule has 0 amide bonds. The van der Waals surface area contributed by atoms with Crippen LogP contribution in [0, 0.1) is 0 Å². The van der Waals surface area contributed by atoms with Gasteiger partial charge in [0.1, 0.15) is 0 Å². The zero-order chi connectivity index (χ0) is 38.2. The molecule has 270 valence electrons. The van der Waals surface area contributed by atoms with E-state index in [1.54, 1.807) is 0 Å². The highest BCUT2D eigenvalue weighted by atomic mass is 15.2. The fourth-order valence-corrected chi connectivity index (χ4v) is 8.99.